The van der Waals surface area contributed by atoms with Gasteiger partial charge in [0.15, 0.2) is 0 Å². The van der Waals surface area contributed by atoms with E-state index in [1.165, 1.54) is 11.3 Å². The number of carboxylic acid groups (broad SMARTS) is 1. The standard InChI is InChI=1S/C4H4OS.C2H4O2/c5-4-1-2-6-3-4;1-2(3)4/h1-3,5H;1H3,(H,3,4). The Morgan fingerprint density at radius 1 is 1.70 bits per heavy atom. The Hall–Kier alpha value is -1.03. The minimum Gasteiger partial charge on any atom is -0.507 e. The third-order valence-corrected chi connectivity index (χ3v) is 1.18. The molecule has 0 amide bonds. The van der Waals surface area contributed by atoms with Gasteiger partial charge in [-0.05, 0) is 11.4 Å². The summed E-state index contributed by atoms with van der Waals surface area (Å²) in [4.78, 5) is 9.00. The van der Waals surface area contributed by atoms with Crippen molar-refractivity contribution in [2.75, 3.05) is 0 Å². The van der Waals surface area contributed by atoms with E-state index >= 15 is 0 Å². The van der Waals surface area contributed by atoms with Crippen LogP contribution in [0.2, 0.25) is 0 Å². The predicted molar refractivity (Wildman–Crippen MR) is 39.3 cm³/mol. The van der Waals surface area contributed by atoms with E-state index in [1.807, 2.05) is 5.38 Å². The fourth-order valence-corrected chi connectivity index (χ4v) is 0.772. The smallest absolute Gasteiger partial charge is 0.300 e. The molecule has 0 aromatic carbocycles. The summed E-state index contributed by atoms with van der Waals surface area (Å²) < 4.78 is 0. The Labute approximate surface area is 62.6 Å². The largest absolute Gasteiger partial charge is 0.507 e. The average Bonchev–Trinajstić information content (AvgIpc) is 2.15. The summed E-state index contributed by atoms with van der Waals surface area (Å²) in [6.07, 6.45) is 0. The number of rotatable bonds is 0. The molecule has 0 aliphatic rings. The van der Waals surface area contributed by atoms with Crippen LogP contribution < -0.4 is 0 Å². The molecule has 3 nitrogen and oxygen atoms in total. The van der Waals surface area contributed by atoms with Crippen LogP contribution in [0.3, 0.4) is 0 Å². The highest BCUT2D eigenvalue weighted by atomic mass is 32.1. The fourth-order valence-electron chi connectivity index (χ4n) is 0.257. The zero-order valence-corrected chi connectivity index (χ0v) is 6.26. The SMILES string of the molecule is CC(=O)O.Oc1ccsc1. The first-order chi connectivity index (χ1) is 4.63. The summed E-state index contributed by atoms with van der Waals surface area (Å²) in [7, 11) is 0. The van der Waals surface area contributed by atoms with Crippen LogP contribution in [0.4, 0.5) is 0 Å². The molecule has 0 fully saturated rings. The van der Waals surface area contributed by atoms with Gasteiger partial charge in [-0.15, -0.1) is 11.3 Å². The lowest BCUT2D eigenvalue weighted by atomic mass is 10.6. The summed E-state index contributed by atoms with van der Waals surface area (Å²) in [6.45, 7) is 1.08. The van der Waals surface area contributed by atoms with Gasteiger partial charge < -0.3 is 10.2 Å². The third kappa shape index (κ3) is 6.97. The lowest BCUT2D eigenvalue weighted by molar-refractivity contribution is -0.134. The van der Waals surface area contributed by atoms with Gasteiger partial charge in [0.2, 0.25) is 0 Å². The predicted octanol–water partition coefficient (Wildman–Crippen LogP) is 1.54. The summed E-state index contributed by atoms with van der Waals surface area (Å²) in [5.41, 5.74) is 0. The Balaban J connectivity index is 0.000000180. The number of hydrogen-bond acceptors (Lipinski definition) is 3. The molecular formula is C6H8O3S. The molecule has 2 N–H and O–H groups in total. The molecule has 0 saturated heterocycles. The maximum Gasteiger partial charge on any atom is 0.300 e. The van der Waals surface area contributed by atoms with E-state index in [0.717, 1.165) is 6.92 Å². The van der Waals surface area contributed by atoms with Gasteiger partial charge in [0.1, 0.15) is 5.75 Å². The van der Waals surface area contributed by atoms with E-state index in [-0.39, 0.29) is 0 Å². The minimum absolute atomic E-state index is 0.361. The quantitative estimate of drug-likeness (QED) is 0.605. The van der Waals surface area contributed by atoms with Crippen LogP contribution >= 0.6 is 11.3 Å². The zero-order chi connectivity index (χ0) is 7.98. The van der Waals surface area contributed by atoms with Crippen molar-refractivity contribution in [1.29, 1.82) is 0 Å². The maximum absolute atomic E-state index is 9.00. The molecular weight excluding hydrogens is 152 g/mol. The van der Waals surface area contributed by atoms with Crippen LogP contribution in [0.25, 0.3) is 0 Å². The first-order valence-electron chi connectivity index (χ1n) is 2.53. The Bertz CT molecular complexity index is 177. The van der Waals surface area contributed by atoms with E-state index < -0.39 is 5.97 Å². The molecule has 0 spiro atoms. The molecule has 0 bridgehead atoms. The molecule has 1 heterocycles. The monoisotopic (exact) mass is 160 g/mol. The van der Waals surface area contributed by atoms with E-state index in [4.69, 9.17) is 15.0 Å². The van der Waals surface area contributed by atoms with E-state index in [2.05, 4.69) is 0 Å². The number of carboxylic acids is 1. The second-order valence-corrected chi connectivity index (χ2v) is 2.28. The van der Waals surface area contributed by atoms with Crippen LogP contribution in [-0.4, -0.2) is 16.2 Å². The minimum atomic E-state index is -0.833. The molecule has 0 aliphatic heterocycles. The van der Waals surface area contributed by atoms with Crippen molar-refractivity contribution < 1.29 is 15.0 Å². The number of aliphatic carboxylic acids is 1. The summed E-state index contributed by atoms with van der Waals surface area (Å²) in [6, 6.07) is 1.66. The molecule has 0 aliphatic carbocycles. The van der Waals surface area contributed by atoms with Gasteiger partial charge in [-0.3, -0.25) is 4.79 Å². The normalized spacial score (nSPS) is 7.70. The molecule has 1 aromatic rings. The first kappa shape index (κ1) is 8.97. The molecule has 1 rings (SSSR count). The third-order valence-electron chi connectivity index (χ3n) is 0.506. The zero-order valence-electron chi connectivity index (χ0n) is 5.44. The summed E-state index contributed by atoms with van der Waals surface area (Å²) >= 11 is 1.49. The number of aromatic hydroxyl groups is 1. The van der Waals surface area contributed by atoms with Crippen molar-refractivity contribution >= 4 is 17.3 Å². The Morgan fingerprint density at radius 2 is 2.20 bits per heavy atom. The highest BCUT2D eigenvalue weighted by Crippen LogP contribution is 2.10. The highest BCUT2D eigenvalue weighted by molar-refractivity contribution is 7.08. The van der Waals surface area contributed by atoms with Crippen molar-refractivity contribution in [1.82, 2.24) is 0 Å². The van der Waals surface area contributed by atoms with Gasteiger partial charge in [-0.1, -0.05) is 0 Å². The van der Waals surface area contributed by atoms with Crippen molar-refractivity contribution in [3.05, 3.63) is 16.8 Å². The van der Waals surface area contributed by atoms with E-state index in [0.29, 0.717) is 5.75 Å². The topological polar surface area (TPSA) is 57.5 Å². The second-order valence-electron chi connectivity index (χ2n) is 1.50. The van der Waals surface area contributed by atoms with Crippen LogP contribution in [0, 0.1) is 0 Å². The molecule has 0 saturated carbocycles. The highest BCUT2D eigenvalue weighted by Gasteiger charge is 1.77. The number of carbonyl (C=O) groups is 1. The fraction of sp³-hybridized carbons (Fsp3) is 0.167. The number of thiophene rings is 1. The average molecular weight is 160 g/mol. The Kier molecular flexibility index (Phi) is 4.32. The number of hydrogen-bond donors (Lipinski definition) is 2. The maximum atomic E-state index is 9.00. The van der Waals surface area contributed by atoms with Crippen LogP contribution in [0.15, 0.2) is 16.8 Å². The summed E-state index contributed by atoms with van der Waals surface area (Å²) in [5, 5.41) is 19.4. The second kappa shape index (κ2) is 4.81. The molecule has 1 aromatic heterocycles. The van der Waals surface area contributed by atoms with Gasteiger partial charge >= 0.3 is 0 Å². The van der Waals surface area contributed by atoms with Crippen LogP contribution in [0.1, 0.15) is 6.92 Å². The molecule has 10 heavy (non-hydrogen) atoms. The van der Waals surface area contributed by atoms with Crippen LogP contribution in [0.5, 0.6) is 5.75 Å². The van der Waals surface area contributed by atoms with Gasteiger partial charge in [0.25, 0.3) is 5.97 Å². The lowest BCUT2D eigenvalue weighted by Crippen LogP contribution is -1.78. The molecule has 0 atom stereocenters. The van der Waals surface area contributed by atoms with Crippen molar-refractivity contribution in [2.24, 2.45) is 0 Å². The molecule has 56 valence electrons. The molecule has 4 heteroatoms. The lowest BCUT2D eigenvalue weighted by Gasteiger charge is -1.67. The van der Waals surface area contributed by atoms with E-state index in [9.17, 15) is 0 Å². The van der Waals surface area contributed by atoms with Gasteiger partial charge in [0.05, 0.1) is 0 Å². The van der Waals surface area contributed by atoms with Crippen molar-refractivity contribution in [2.45, 2.75) is 6.92 Å². The van der Waals surface area contributed by atoms with Crippen molar-refractivity contribution in [3.8, 4) is 5.75 Å². The summed E-state index contributed by atoms with van der Waals surface area (Å²) in [5.74, 6) is -0.472. The first-order valence-corrected chi connectivity index (χ1v) is 3.48. The van der Waals surface area contributed by atoms with Crippen LogP contribution in [-0.2, 0) is 4.79 Å². The molecule has 0 unspecified atom stereocenters. The van der Waals surface area contributed by atoms with E-state index in [1.54, 1.807) is 11.4 Å². The van der Waals surface area contributed by atoms with Gasteiger partial charge in [-0.2, -0.15) is 0 Å². The Morgan fingerprint density at radius 3 is 2.30 bits per heavy atom. The van der Waals surface area contributed by atoms with Gasteiger partial charge in [0, 0.05) is 12.3 Å². The van der Waals surface area contributed by atoms with Gasteiger partial charge in [-0.25, -0.2) is 0 Å². The molecule has 0 radical (unpaired) electrons. The van der Waals surface area contributed by atoms with Crippen molar-refractivity contribution in [3.63, 3.8) is 0 Å².